The number of aliphatic hydroxyl groups excluding tert-OH is 1. The highest BCUT2D eigenvalue weighted by atomic mass is 16.5. The van der Waals surface area contributed by atoms with Gasteiger partial charge in [0, 0.05) is 13.1 Å². The zero-order chi connectivity index (χ0) is 13.7. The number of rotatable bonds is 5. The predicted octanol–water partition coefficient (Wildman–Crippen LogP) is 1.61. The molecule has 104 valence electrons. The highest BCUT2D eigenvalue weighted by Gasteiger charge is 2.22. The van der Waals surface area contributed by atoms with Crippen LogP contribution >= 0.6 is 0 Å². The third-order valence-corrected chi connectivity index (χ3v) is 3.16. The van der Waals surface area contributed by atoms with E-state index >= 15 is 0 Å². The zero-order valence-electron chi connectivity index (χ0n) is 11.2. The molecule has 1 fully saturated rings. The molecule has 1 aliphatic rings. The quantitative estimate of drug-likeness (QED) is 0.646. The molecule has 19 heavy (non-hydrogen) atoms. The molecule has 0 aromatic carbocycles. The second kappa shape index (κ2) is 6.52. The number of anilines is 1. The molecule has 0 saturated carbocycles. The van der Waals surface area contributed by atoms with Gasteiger partial charge in [0.25, 0.3) is 0 Å². The summed E-state index contributed by atoms with van der Waals surface area (Å²) in [4.78, 5) is 18.1. The number of carbonyl (C=O) groups is 1. The summed E-state index contributed by atoms with van der Waals surface area (Å²) in [5, 5.41) is 9.52. The topological polar surface area (TPSA) is 62.7 Å². The molecular weight excluding hydrogens is 244 g/mol. The minimum atomic E-state index is -0.380. The van der Waals surface area contributed by atoms with Crippen molar-refractivity contribution >= 4 is 11.8 Å². The molecule has 5 heteroatoms. The van der Waals surface area contributed by atoms with Gasteiger partial charge in [0.15, 0.2) is 5.69 Å². The van der Waals surface area contributed by atoms with E-state index in [4.69, 9.17) is 4.74 Å². The van der Waals surface area contributed by atoms with Gasteiger partial charge in [0.2, 0.25) is 0 Å². The van der Waals surface area contributed by atoms with Crippen LogP contribution in [0.5, 0.6) is 0 Å². The molecule has 2 heterocycles. The lowest BCUT2D eigenvalue weighted by Gasteiger charge is -2.16. The minimum absolute atomic E-state index is 0.304. The van der Waals surface area contributed by atoms with Gasteiger partial charge in [-0.1, -0.05) is 19.4 Å². The first kappa shape index (κ1) is 13.8. The van der Waals surface area contributed by atoms with E-state index in [9.17, 15) is 9.90 Å². The Labute approximate surface area is 113 Å². The number of hydrogen-bond donors (Lipinski definition) is 1. The number of aliphatic hydroxyl groups is 1. The van der Waals surface area contributed by atoms with E-state index in [2.05, 4.69) is 4.98 Å². The van der Waals surface area contributed by atoms with E-state index < -0.39 is 0 Å². The number of ether oxygens (including phenoxy) is 1. The van der Waals surface area contributed by atoms with Gasteiger partial charge >= 0.3 is 5.97 Å². The van der Waals surface area contributed by atoms with Crippen molar-refractivity contribution in [3.8, 4) is 0 Å². The van der Waals surface area contributed by atoms with Gasteiger partial charge in [-0.25, -0.2) is 9.78 Å². The number of nitrogens with zero attached hydrogens (tertiary/aromatic N) is 2. The number of carbonyl (C=O) groups excluding carboxylic acids is 1. The maximum Gasteiger partial charge on any atom is 0.357 e. The second-order valence-corrected chi connectivity index (χ2v) is 4.76. The summed E-state index contributed by atoms with van der Waals surface area (Å²) in [6, 6.07) is 5.30. The number of aromatic nitrogens is 1. The predicted molar refractivity (Wildman–Crippen MR) is 72.3 cm³/mol. The van der Waals surface area contributed by atoms with Crippen LogP contribution in [-0.4, -0.2) is 41.9 Å². The Morgan fingerprint density at radius 3 is 3.11 bits per heavy atom. The number of pyridine rings is 1. The molecule has 0 bridgehead atoms. The molecular formula is C14H20N2O3. The molecule has 1 saturated heterocycles. The molecule has 1 aromatic rings. The largest absolute Gasteiger partial charge is 0.461 e. The SMILES string of the molecule is CCCCOC(=O)c1cccc(N2CCC(O)C2)n1. The summed E-state index contributed by atoms with van der Waals surface area (Å²) < 4.78 is 5.14. The highest BCUT2D eigenvalue weighted by Crippen LogP contribution is 2.18. The summed E-state index contributed by atoms with van der Waals surface area (Å²) in [6.07, 6.45) is 2.30. The lowest BCUT2D eigenvalue weighted by atomic mass is 10.3. The van der Waals surface area contributed by atoms with Crippen LogP contribution in [-0.2, 0) is 4.74 Å². The van der Waals surface area contributed by atoms with Crippen LogP contribution in [0.25, 0.3) is 0 Å². The van der Waals surface area contributed by atoms with E-state index in [1.165, 1.54) is 0 Å². The fourth-order valence-electron chi connectivity index (χ4n) is 2.05. The monoisotopic (exact) mass is 264 g/mol. The van der Waals surface area contributed by atoms with E-state index in [1.54, 1.807) is 12.1 Å². The fraction of sp³-hybridized carbons (Fsp3) is 0.571. The fourth-order valence-corrected chi connectivity index (χ4v) is 2.05. The summed E-state index contributed by atoms with van der Waals surface area (Å²) in [7, 11) is 0. The van der Waals surface area contributed by atoms with Crippen LogP contribution in [0.1, 0.15) is 36.7 Å². The smallest absolute Gasteiger partial charge is 0.357 e. The molecule has 1 atom stereocenters. The Morgan fingerprint density at radius 2 is 2.42 bits per heavy atom. The van der Waals surface area contributed by atoms with Crippen molar-refractivity contribution < 1.29 is 14.6 Å². The summed E-state index contributed by atoms with van der Waals surface area (Å²) in [6.45, 7) is 3.82. The molecule has 0 radical (unpaired) electrons. The molecule has 0 amide bonds. The summed E-state index contributed by atoms with van der Waals surface area (Å²) >= 11 is 0. The number of β-amino-alcohol motifs (C(OH)–C–C–N with tert-alkyl or cyclic N) is 1. The molecule has 0 spiro atoms. The molecule has 1 aliphatic heterocycles. The van der Waals surface area contributed by atoms with Gasteiger partial charge in [0.05, 0.1) is 12.7 Å². The third kappa shape index (κ3) is 3.67. The first-order chi connectivity index (χ1) is 9.20. The van der Waals surface area contributed by atoms with Crippen LogP contribution < -0.4 is 4.90 Å². The standard InChI is InChI=1S/C14H20N2O3/c1-2-3-9-19-14(18)12-5-4-6-13(15-12)16-8-7-11(17)10-16/h4-6,11,17H,2-3,7-10H2,1H3. The maximum absolute atomic E-state index is 11.8. The van der Waals surface area contributed by atoms with Crippen LogP contribution in [0.2, 0.25) is 0 Å². The molecule has 5 nitrogen and oxygen atoms in total. The zero-order valence-corrected chi connectivity index (χ0v) is 11.2. The van der Waals surface area contributed by atoms with E-state index in [0.29, 0.717) is 18.8 Å². The minimum Gasteiger partial charge on any atom is -0.461 e. The van der Waals surface area contributed by atoms with Gasteiger partial charge in [-0.3, -0.25) is 0 Å². The lowest BCUT2D eigenvalue weighted by molar-refractivity contribution is 0.0493. The second-order valence-electron chi connectivity index (χ2n) is 4.76. The van der Waals surface area contributed by atoms with Crippen molar-refractivity contribution in [3.63, 3.8) is 0 Å². The molecule has 1 N–H and O–H groups in total. The Kier molecular flexibility index (Phi) is 4.74. The number of unbranched alkanes of at least 4 members (excludes halogenated alkanes) is 1. The van der Waals surface area contributed by atoms with Crippen molar-refractivity contribution in [1.82, 2.24) is 4.98 Å². The van der Waals surface area contributed by atoms with Crippen LogP contribution in [0.15, 0.2) is 18.2 Å². The van der Waals surface area contributed by atoms with Crippen molar-refractivity contribution in [3.05, 3.63) is 23.9 Å². The highest BCUT2D eigenvalue weighted by molar-refractivity contribution is 5.87. The molecule has 1 aromatic heterocycles. The van der Waals surface area contributed by atoms with E-state index in [1.807, 2.05) is 17.9 Å². The van der Waals surface area contributed by atoms with Gasteiger partial charge < -0.3 is 14.7 Å². The van der Waals surface area contributed by atoms with Crippen LogP contribution in [0, 0.1) is 0 Å². The Balaban J connectivity index is 2.00. The first-order valence-corrected chi connectivity index (χ1v) is 6.78. The van der Waals surface area contributed by atoms with Gasteiger partial charge in [-0.05, 0) is 25.0 Å². The Morgan fingerprint density at radius 1 is 1.58 bits per heavy atom. The van der Waals surface area contributed by atoms with Gasteiger partial charge in [-0.15, -0.1) is 0 Å². The first-order valence-electron chi connectivity index (χ1n) is 6.78. The van der Waals surface area contributed by atoms with Crippen molar-refractivity contribution in [2.24, 2.45) is 0 Å². The van der Waals surface area contributed by atoms with Crippen molar-refractivity contribution in [2.75, 3.05) is 24.6 Å². The third-order valence-electron chi connectivity index (χ3n) is 3.16. The van der Waals surface area contributed by atoms with E-state index in [0.717, 1.165) is 31.6 Å². The van der Waals surface area contributed by atoms with Crippen molar-refractivity contribution in [1.29, 1.82) is 0 Å². The van der Waals surface area contributed by atoms with Crippen molar-refractivity contribution in [2.45, 2.75) is 32.3 Å². The van der Waals surface area contributed by atoms with Gasteiger partial charge in [-0.2, -0.15) is 0 Å². The molecule has 0 aliphatic carbocycles. The van der Waals surface area contributed by atoms with Gasteiger partial charge in [0.1, 0.15) is 5.82 Å². The van der Waals surface area contributed by atoms with Crippen LogP contribution in [0.4, 0.5) is 5.82 Å². The molecule has 1 unspecified atom stereocenters. The number of esters is 1. The summed E-state index contributed by atoms with van der Waals surface area (Å²) in [5.41, 5.74) is 0.329. The average Bonchev–Trinajstić information content (AvgIpc) is 2.86. The summed E-state index contributed by atoms with van der Waals surface area (Å²) in [5.74, 6) is 0.344. The molecule has 2 rings (SSSR count). The Hall–Kier alpha value is -1.62. The Bertz CT molecular complexity index is 436. The maximum atomic E-state index is 11.8. The van der Waals surface area contributed by atoms with E-state index in [-0.39, 0.29) is 12.1 Å². The van der Waals surface area contributed by atoms with Crippen LogP contribution in [0.3, 0.4) is 0 Å². The normalized spacial score (nSPS) is 18.6. The lowest BCUT2D eigenvalue weighted by Crippen LogP contribution is -2.23. The average molecular weight is 264 g/mol. The number of hydrogen-bond acceptors (Lipinski definition) is 5.